The minimum atomic E-state index is -0.198. The average molecular weight is 248 g/mol. The van der Waals surface area contributed by atoms with Gasteiger partial charge in [0.15, 0.2) is 0 Å². The molecule has 0 unspecified atom stereocenters. The van der Waals surface area contributed by atoms with Crippen LogP contribution in [-0.2, 0) is 6.42 Å². The van der Waals surface area contributed by atoms with Crippen molar-refractivity contribution in [2.45, 2.75) is 16.3 Å². The molecule has 0 bridgehead atoms. The second-order valence-electron chi connectivity index (χ2n) is 3.53. The van der Waals surface area contributed by atoms with E-state index in [1.807, 2.05) is 24.3 Å². The van der Waals surface area contributed by atoms with E-state index in [-0.39, 0.29) is 5.82 Å². The number of pyridine rings is 1. The highest BCUT2D eigenvalue weighted by Crippen LogP contribution is 2.30. The number of nitrogens with zero attached hydrogens (tertiary/aromatic N) is 1. The second kappa shape index (κ2) is 5.80. The number of hydrogen-bond acceptors (Lipinski definition) is 3. The molecule has 1 heterocycles. The lowest BCUT2D eigenvalue weighted by Crippen LogP contribution is -2.05. The van der Waals surface area contributed by atoms with E-state index in [0.717, 1.165) is 9.92 Å². The molecule has 0 fully saturated rings. The Hall–Kier alpha value is -1.39. The van der Waals surface area contributed by atoms with Crippen LogP contribution in [0.4, 0.5) is 4.39 Å². The van der Waals surface area contributed by atoms with Crippen LogP contribution in [0.1, 0.15) is 5.56 Å². The van der Waals surface area contributed by atoms with Crippen molar-refractivity contribution in [1.29, 1.82) is 0 Å². The van der Waals surface area contributed by atoms with Crippen molar-refractivity contribution in [1.82, 2.24) is 4.98 Å². The highest BCUT2D eigenvalue weighted by molar-refractivity contribution is 7.99. The zero-order valence-corrected chi connectivity index (χ0v) is 10.1. The highest BCUT2D eigenvalue weighted by Gasteiger charge is 2.09. The molecule has 2 aromatic rings. The number of benzene rings is 1. The molecule has 0 radical (unpaired) electrons. The third kappa shape index (κ3) is 3.05. The standard InChI is InChI=1S/C13H13FN2S/c14-11-4-3-5-12(10(11)7-8-15)17-13-6-1-2-9-16-13/h1-6,9H,7-8,15H2. The van der Waals surface area contributed by atoms with E-state index in [9.17, 15) is 4.39 Å². The van der Waals surface area contributed by atoms with Gasteiger partial charge in [0, 0.05) is 16.7 Å². The molecule has 1 aromatic carbocycles. The van der Waals surface area contributed by atoms with Gasteiger partial charge in [0.1, 0.15) is 10.8 Å². The number of aromatic nitrogens is 1. The smallest absolute Gasteiger partial charge is 0.127 e. The molecule has 0 amide bonds. The molecule has 0 spiro atoms. The molecule has 88 valence electrons. The molecule has 0 saturated carbocycles. The zero-order valence-electron chi connectivity index (χ0n) is 9.27. The normalized spacial score (nSPS) is 10.5. The van der Waals surface area contributed by atoms with Crippen LogP contribution < -0.4 is 5.73 Å². The molecule has 0 atom stereocenters. The van der Waals surface area contributed by atoms with Crippen molar-refractivity contribution >= 4 is 11.8 Å². The summed E-state index contributed by atoms with van der Waals surface area (Å²) in [4.78, 5) is 5.10. The van der Waals surface area contributed by atoms with Gasteiger partial charge in [-0.3, -0.25) is 0 Å². The number of halogens is 1. The molecule has 2 rings (SSSR count). The summed E-state index contributed by atoms with van der Waals surface area (Å²) in [6.45, 7) is 0.441. The summed E-state index contributed by atoms with van der Waals surface area (Å²) < 4.78 is 13.7. The molecule has 0 saturated heterocycles. The maximum absolute atomic E-state index is 13.7. The lowest BCUT2D eigenvalue weighted by atomic mass is 10.1. The van der Waals surface area contributed by atoms with E-state index in [2.05, 4.69) is 4.98 Å². The largest absolute Gasteiger partial charge is 0.330 e. The van der Waals surface area contributed by atoms with Gasteiger partial charge in [-0.15, -0.1) is 0 Å². The Bertz CT molecular complexity index is 488. The Morgan fingerprint density at radius 1 is 1.18 bits per heavy atom. The fraction of sp³-hybridized carbons (Fsp3) is 0.154. The molecule has 0 aliphatic heterocycles. The minimum Gasteiger partial charge on any atom is -0.330 e. The predicted molar refractivity (Wildman–Crippen MR) is 67.5 cm³/mol. The summed E-state index contributed by atoms with van der Waals surface area (Å²) in [7, 11) is 0. The third-order valence-corrected chi connectivity index (χ3v) is 3.38. The van der Waals surface area contributed by atoms with Crippen molar-refractivity contribution in [3.8, 4) is 0 Å². The predicted octanol–water partition coefficient (Wildman–Crippen LogP) is 2.87. The number of hydrogen-bond donors (Lipinski definition) is 1. The molecule has 1 aromatic heterocycles. The van der Waals surface area contributed by atoms with Crippen LogP contribution in [-0.4, -0.2) is 11.5 Å². The number of nitrogens with two attached hydrogens (primary N) is 1. The first-order chi connectivity index (χ1) is 8.31. The van der Waals surface area contributed by atoms with E-state index in [1.165, 1.54) is 17.8 Å². The van der Waals surface area contributed by atoms with Gasteiger partial charge in [0.25, 0.3) is 0 Å². The quantitative estimate of drug-likeness (QED) is 0.904. The van der Waals surface area contributed by atoms with Crippen molar-refractivity contribution < 1.29 is 4.39 Å². The summed E-state index contributed by atoms with van der Waals surface area (Å²) >= 11 is 1.46. The van der Waals surface area contributed by atoms with Crippen LogP contribution in [0.5, 0.6) is 0 Å². The van der Waals surface area contributed by atoms with Crippen LogP contribution >= 0.6 is 11.8 Å². The van der Waals surface area contributed by atoms with Crippen molar-refractivity contribution in [2.75, 3.05) is 6.54 Å². The van der Waals surface area contributed by atoms with Crippen LogP contribution in [0.25, 0.3) is 0 Å². The molecule has 4 heteroatoms. The third-order valence-electron chi connectivity index (χ3n) is 2.32. The topological polar surface area (TPSA) is 38.9 Å². The van der Waals surface area contributed by atoms with Gasteiger partial charge in [-0.05, 0) is 37.2 Å². The Morgan fingerprint density at radius 3 is 2.76 bits per heavy atom. The first-order valence-electron chi connectivity index (χ1n) is 5.37. The van der Waals surface area contributed by atoms with Gasteiger partial charge in [0.2, 0.25) is 0 Å². The van der Waals surface area contributed by atoms with E-state index < -0.39 is 0 Å². The van der Waals surface area contributed by atoms with Crippen molar-refractivity contribution in [3.63, 3.8) is 0 Å². The van der Waals surface area contributed by atoms with Crippen molar-refractivity contribution in [3.05, 3.63) is 54.0 Å². The maximum Gasteiger partial charge on any atom is 0.127 e. The van der Waals surface area contributed by atoms with Crippen molar-refractivity contribution in [2.24, 2.45) is 5.73 Å². The molecular weight excluding hydrogens is 235 g/mol. The van der Waals surface area contributed by atoms with Gasteiger partial charge >= 0.3 is 0 Å². The van der Waals surface area contributed by atoms with Crippen LogP contribution in [0, 0.1) is 5.82 Å². The summed E-state index contributed by atoms with van der Waals surface area (Å²) in [6.07, 6.45) is 2.27. The van der Waals surface area contributed by atoms with Gasteiger partial charge < -0.3 is 5.73 Å². The van der Waals surface area contributed by atoms with Gasteiger partial charge in [-0.1, -0.05) is 23.9 Å². The zero-order chi connectivity index (χ0) is 12.1. The molecule has 2 nitrogen and oxygen atoms in total. The first-order valence-corrected chi connectivity index (χ1v) is 6.19. The van der Waals surface area contributed by atoms with E-state index in [0.29, 0.717) is 18.5 Å². The van der Waals surface area contributed by atoms with Gasteiger partial charge in [-0.2, -0.15) is 0 Å². The Labute approximate surface area is 104 Å². The molecule has 0 aliphatic rings. The van der Waals surface area contributed by atoms with E-state index in [4.69, 9.17) is 5.73 Å². The fourth-order valence-corrected chi connectivity index (χ4v) is 2.50. The number of rotatable bonds is 4. The minimum absolute atomic E-state index is 0.198. The summed E-state index contributed by atoms with van der Waals surface area (Å²) in [5.74, 6) is -0.198. The second-order valence-corrected chi connectivity index (χ2v) is 4.59. The average Bonchev–Trinajstić information content (AvgIpc) is 2.35. The fourth-order valence-electron chi connectivity index (χ4n) is 1.54. The SMILES string of the molecule is NCCc1c(F)cccc1Sc1ccccn1. The Morgan fingerprint density at radius 2 is 2.06 bits per heavy atom. The highest BCUT2D eigenvalue weighted by atomic mass is 32.2. The first kappa shape index (κ1) is 12.1. The Balaban J connectivity index is 2.29. The monoisotopic (exact) mass is 248 g/mol. The summed E-state index contributed by atoms with van der Waals surface area (Å²) in [5.41, 5.74) is 6.17. The van der Waals surface area contributed by atoms with Crippen LogP contribution in [0.3, 0.4) is 0 Å². The van der Waals surface area contributed by atoms with Gasteiger partial charge in [0.05, 0.1) is 0 Å². The van der Waals surface area contributed by atoms with Crippen LogP contribution in [0.15, 0.2) is 52.5 Å². The molecule has 0 aliphatic carbocycles. The summed E-state index contributed by atoms with van der Waals surface area (Å²) in [5, 5.41) is 0.858. The lowest BCUT2D eigenvalue weighted by Gasteiger charge is -2.08. The summed E-state index contributed by atoms with van der Waals surface area (Å²) in [6, 6.07) is 10.7. The molecular formula is C13H13FN2S. The lowest BCUT2D eigenvalue weighted by molar-refractivity contribution is 0.603. The van der Waals surface area contributed by atoms with Gasteiger partial charge in [-0.25, -0.2) is 9.37 Å². The molecule has 2 N–H and O–H groups in total. The van der Waals surface area contributed by atoms with Crippen LogP contribution in [0.2, 0.25) is 0 Å². The molecule has 17 heavy (non-hydrogen) atoms. The van der Waals surface area contributed by atoms with E-state index in [1.54, 1.807) is 12.3 Å². The Kier molecular flexibility index (Phi) is 4.12. The maximum atomic E-state index is 13.7. The van der Waals surface area contributed by atoms with E-state index >= 15 is 0 Å².